The van der Waals surface area contributed by atoms with Gasteiger partial charge in [0.1, 0.15) is 0 Å². The molecule has 0 aliphatic carbocycles. The molecule has 0 aromatic carbocycles. The summed E-state index contributed by atoms with van der Waals surface area (Å²) in [5.41, 5.74) is 1.23. The fourth-order valence-corrected chi connectivity index (χ4v) is 1.18. The molecule has 0 radical (unpaired) electrons. The fraction of sp³-hybridized carbons (Fsp3) is 0.545. The zero-order chi connectivity index (χ0) is 11.1. The number of aromatic amines is 1. The first kappa shape index (κ1) is 11.8. The van der Waals surface area contributed by atoms with Crippen molar-refractivity contribution in [3.05, 3.63) is 24.0 Å². The zero-order valence-corrected chi connectivity index (χ0v) is 9.34. The lowest BCUT2D eigenvalue weighted by Gasteiger charge is -2.07. The van der Waals surface area contributed by atoms with Crippen molar-refractivity contribution in [3.63, 3.8) is 0 Å². The molecular formula is C11H19N3O. The summed E-state index contributed by atoms with van der Waals surface area (Å²) in [6, 6.07) is 2.03. The Bertz CT molecular complexity index is 280. The van der Waals surface area contributed by atoms with Gasteiger partial charge in [0.15, 0.2) is 0 Å². The third-order valence-electron chi connectivity index (χ3n) is 2.12. The molecule has 0 saturated carbocycles. The lowest BCUT2D eigenvalue weighted by atomic mass is 10.2. The smallest absolute Gasteiger partial charge is 0.222 e. The highest BCUT2D eigenvalue weighted by molar-refractivity contribution is 5.77. The van der Waals surface area contributed by atoms with E-state index in [2.05, 4.69) is 15.6 Å². The largest absolute Gasteiger partial charge is 0.367 e. The van der Waals surface area contributed by atoms with Crippen LogP contribution in [0.1, 0.15) is 19.4 Å². The predicted octanol–water partition coefficient (Wildman–Crippen LogP) is 0.876. The molecule has 1 heterocycles. The van der Waals surface area contributed by atoms with Crippen molar-refractivity contribution in [1.29, 1.82) is 0 Å². The number of nitrogens with one attached hydrogen (secondary N) is 3. The second-order valence-corrected chi connectivity index (χ2v) is 3.84. The van der Waals surface area contributed by atoms with E-state index in [9.17, 15) is 4.79 Å². The van der Waals surface area contributed by atoms with E-state index in [4.69, 9.17) is 0 Å². The maximum Gasteiger partial charge on any atom is 0.222 e. The van der Waals surface area contributed by atoms with Crippen LogP contribution in [-0.2, 0) is 11.3 Å². The average molecular weight is 209 g/mol. The Labute approximate surface area is 90.5 Å². The second kappa shape index (κ2) is 6.24. The van der Waals surface area contributed by atoms with E-state index in [1.807, 2.05) is 32.3 Å². The van der Waals surface area contributed by atoms with Crippen LogP contribution >= 0.6 is 0 Å². The maximum atomic E-state index is 11.2. The number of hydrogen-bond donors (Lipinski definition) is 3. The molecule has 3 N–H and O–H groups in total. The summed E-state index contributed by atoms with van der Waals surface area (Å²) in [6.07, 6.45) is 3.86. The minimum Gasteiger partial charge on any atom is -0.367 e. The van der Waals surface area contributed by atoms with Crippen LogP contribution < -0.4 is 10.6 Å². The summed E-state index contributed by atoms with van der Waals surface area (Å²) >= 11 is 0. The minimum atomic E-state index is 0.0645. The molecule has 1 aromatic heterocycles. The molecule has 0 saturated heterocycles. The molecule has 0 bridgehead atoms. The van der Waals surface area contributed by atoms with Crippen molar-refractivity contribution in [1.82, 2.24) is 15.6 Å². The molecule has 1 aromatic rings. The molecule has 0 unspecified atom stereocenters. The Hall–Kier alpha value is -1.29. The minimum absolute atomic E-state index is 0.0645. The van der Waals surface area contributed by atoms with Gasteiger partial charge in [-0.3, -0.25) is 4.79 Å². The lowest BCUT2D eigenvalue weighted by Crippen LogP contribution is -2.34. The van der Waals surface area contributed by atoms with Crippen LogP contribution in [0.15, 0.2) is 18.5 Å². The molecule has 1 rings (SSSR count). The molecule has 1 amide bonds. The monoisotopic (exact) mass is 209 g/mol. The topological polar surface area (TPSA) is 56.9 Å². The molecular weight excluding hydrogens is 190 g/mol. The van der Waals surface area contributed by atoms with Gasteiger partial charge >= 0.3 is 0 Å². The van der Waals surface area contributed by atoms with Gasteiger partial charge in [-0.05, 0) is 11.6 Å². The van der Waals surface area contributed by atoms with Crippen molar-refractivity contribution in [2.45, 2.75) is 20.4 Å². The molecule has 0 aliphatic heterocycles. The third kappa shape index (κ3) is 4.65. The van der Waals surface area contributed by atoms with Crippen LogP contribution in [0.2, 0.25) is 0 Å². The first-order chi connectivity index (χ1) is 7.20. The number of carbonyl (C=O) groups excluding carboxylic acids is 1. The predicted molar refractivity (Wildman–Crippen MR) is 60.3 cm³/mol. The highest BCUT2D eigenvalue weighted by Crippen LogP contribution is 1.94. The van der Waals surface area contributed by atoms with E-state index in [0.29, 0.717) is 6.54 Å². The van der Waals surface area contributed by atoms with Crippen LogP contribution in [0, 0.1) is 5.92 Å². The van der Waals surface area contributed by atoms with E-state index < -0.39 is 0 Å². The van der Waals surface area contributed by atoms with Gasteiger partial charge in [0.2, 0.25) is 5.91 Å². The van der Waals surface area contributed by atoms with Crippen LogP contribution in [0.25, 0.3) is 0 Å². The quantitative estimate of drug-likeness (QED) is 0.609. The third-order valence-corrected chi connectivity index (χ3v) is 2.12. The van der Waals surface area contributed by atoms with Crippen LogP contribution in [0.4, 0.5) is 0 Å². The van der Waals surface area contributed by atoms with E-state index in [-0.39, 0.29) is 11.8 Å². The molecule has 4 heteroatoms. The number of hydrogen-bond acceptors (Lipinski definition) is 2. The molecule has 4 nitrogen and oxygen atoms in total. The van der Waals surface area contributed by atoms with Gasteiger partial charge in [-0.2, -0.15) is 0 Å². The molecule has 84 valence electrons. The Balaban J connectivity index is 2.00. The average Bonchev–Trinajstić information content (AvgIpc) is 2.69. The Morgan fingerprint density at radius 3 is 2.87 bits per heavy atom. The number of aromatic nitrogens is 1. The SMILES string of the molecule is CC(C)C(=O)NCCNCc1cc[nH]c1. The zero-order valence-electron chi connectivity index (χ0n) is 9.34. The summed E-state index contributed by atoms with van der Waals surface area (Å²) in [5, 5.41) is 6.10. The van der Waals surface area contributed by atoms with E-state index >= 15 is 0 Å². The van der Waals surface area contributed by atoms with Gasteiger partial charge in [-0.1, -0.05) is 13.8 Å². The Morgan fingerprint density at radius 1 is 1.47 bits per heavy atom. The van der Waals surface area contributed by atoms with Crippen molar-refractivity contribution in [2.75, 3.05) is 13.1 Å². The highest BCUT2D eigenvalue weighted by atomic mass is 16.1. The van der Waals surface area contributed by atoms with Gasteiger partial charge in [-0.15, -0.1) is 0 Å². The van der Waals surface area contributed by atoms with Gasteiger partial charge < -0.3 is 15.6 Å². The van der Waals surface area contributed by atoms with Crippen LogP contribution in [0.3, 0.4) is 0 Å². The number of amides is 1. The summed E-state index contributed by atoms with van der Waals surface area (Å²) < 4.78 is 0. The summed E-state index contributed by atoms with van der Waals surface area (Å²) in [6.45, 7) is 6.09. The molecule has 0 fully saturated rings. The van der Waals surface area contributed by atoms with Crippen molar-refractivity contribution >= 4 is 5.91 Å². The van der Waals surface area contributed by atoms with Gasteiger partial charge in [-0.25, -0.2) is 0 Å². The number of H-pyrrole nitrogens is 1. The van der Waals surface area contributed by atoms with Crippen LogP contribution in [-0.4, -0.2) is 24.0 Å². The van der Waals surface area contributed by atoms with E-state index in [1.165, 1.54) is 5.56 Å². The highest BCUT2D eigenvalue weighted by Gasteiger charge is 2.04. The summed E-state index contributed by atoms with van der Waals surface area (Å²) in [4.78, 5) is 14.2. The molecule has 0 aliphatic rings. The first-order valence-electron chi connectivity index (χ1n) is 5.30. The summed E-state index contributed by atoms with van der Waals surface area (Å²) in [5.74, 6) is 0.174. The number of rotatable bonds is 6. The van der Waals surface area contributed by atoms with E-state index in [0.717, 1.165) is 13.1 Å². The first-order valence-corrected chi connectivity index (χ1v) is 5.30. The standard InChI is InChI=1S/C11H19N3O/c1-9(2)11(15)14-6-5-13-8-10-3-4-12-7-10/h3-4,7,9,12-13H,5-6,8H2,1-2H3,(H,14,15). The molecule has 0 spiro atoms. The molecule has 0 atom stereocenters. The van der Waals surface area contributed by atoms with Gasteiger partial charge in [0.25, 0.3) is 0 Å². The Kier molecular flexibility index (Phi) is 4.90. The van der Waals surface area contributed by atoms with Crippen molar-refractivity contribution < 1.29 is 4.79 Å². The maximum absolute atomic E-state index is 11.2. The van der Waals surface area contributed by atoms with Crippen molar-refractivity contribution in [2.24, 2.45) is 5.92 Å². The normalized spacial score (nSPS) is 10.6. The Morgan fingerprint density at radius 2 is 2.27 bits per heavy atom. The lowest BCUT2D eigenvalue weighted by molar-refractivity contribution is -0.123. The molecule has 15 heavy (non-hydrogen) atoms. The van der Waals surface area contributed by atoms with Crippen molar-refractivity contribution in [3.8, 4) is 0 Å². The summed E-state index contributed by atoms with van der Waals surface area (Å²) in [7, 11) is 0. The van der Waals surface area contributed by atoms with Crippen LogP contribution in [0.5, 0.6) is 0 Å². The fourth-order valence-electron chi connectivity index (χ4n) is 1.18. The number of carbonyl (C=O) groups is 1. The second-order valence-electron chi connectivity index (χ2n) is 3.84. The van der Waals surface area contributed by atoms with Gasteiger partial charge in [0.05, 0.1) is 0 Å². The van der Waals surface area contributed by atoms with Gasteiger partial charge in [0, 0.05) is 37.9 Å². The van der Waals surface area contributed by atoms with E-state index in [1.54, 1.807) is 0 Å².